The molecule has 0 fully saturated rings. The zero-order valence-electron chi connectivity index (χ0n) is 2.64. The molecule has 0 saturated heterocycles. The maximum atomic E-state index is 8.63. The van der Waals surface area contributed by atoms with E-state index >= 15 is 0 Å². The fourth-order valence-electron chi connectivity index (χ4n) is 0. The third kappa shape index (κ3) is 81.5. The van der Waals surface area contributed by atoms with E-state index in [9.17, 15) is 0 Å². The zero-order valence-corrected chi connectivity index (χ0v) is 7.94. The summed E-state index contributed by atoms with van der Waals surface area (Å²) in [4.78, 5) is 0. The maximum absolute atomic E-state index is 8.63. The Bertz CT molecular complexity index is 92.9. The first-order valence-electron chi connectivity index (χ1n) is 0.667. The fraction of sp³-hybridized carbons (Fsp3) is 0. The van der Waals surface area contributed by atoms with Gasteiger partial charge < -0.3 is 0 Å². The molecule has 0 atom stereocenters. The SMILES string of the molecule is O=[Te](=O)([O-])[O-].[Ag+].[Ag+]. The molecule has 7 heteroatoms. The van der Waals surface area contributed by atoms with Crippen molar-refractivity contribution in [1.82, 2.24) is 0 Å². The van der Waals surface area contributed by atoms with Crippen molar-refractivity contribution < 1.29 is 57.9 Å². The van der Waals surface area contributed by atoms with E-state index in [2.05, 4.69) is 0 Å². The van der Waals surface area contributed by atoms with Crippen LogP contribution in [-0.4, -0.2) is 19.0 Å². The average molecular weight is 407 g/mol. The third-order valence-electron chi connectivity index (χ3n) is 0. The van der Waals surface area contributed by atoms with Crippen LogP contribution in [0.15, 0.2) is 0 Å². The Morgan fingerprint density at radius 1 is 1.00 bits per heavy atom. The molecule has 0 N–H and O–H groups in total. The molecule has 0 aromatic rings. The topological polar surface area (TPSA) is 80.3 Å². The molecule has 0 saturated carbocycles. The number of rotatable bonds is 0. The van der Waals surface area contributed by atoms with Gasteiger partial charge >= 0.3 is 76.9 Å². The summed E-state index contributed by atoms with van der Waals surface area (Å²) in [6, 6.07) is 0. The van der Waals surface area contributed by atoms with Crippen molar-refractivity contribution in [1.29, 1.82) is 0 Å². The second-order valence-corrected chi connectivity index (χ2v) is 2.74. The summed E-state index contributed by atoms with van der Waals surface area (Å²) < 4.78 is 34.5. The minimum absolute atomic E-state index is 0. The summed E-state index contributed by atoms with van der Waals surface area (Å²) in [5.41, 5.74) is 0. The normalized spacial score (nSPS) is 8.29. The van der Waals surface area contributed by atoms with Gasteiger partial charge in [-0.3, -0.25) is 0 Å². The van der Waals surface area contributed by atoms with E-state index in [0.717, 1.165) is 0 Å². The molecule has 0 aliphatic rings. The van der Waals surface area contributed by atoms with Crippen LogP contribution in [0.5, 0.6) is 0 Å². The Hall–Kier alpha value is 1.79. The van der Waals surface area contributed by atoms with E-state index in [1.54, 1.807) is 0 Å². The summed E-state index contributed by atoms with van der Waals surface area (Å²) >= 11 is -6.02. The molecule has 0 aromatic carbocycles. The summed E-state index contributed by atoms with van der Waals surface area (Å²) in [7, 11) is 0. The minimum atomic E-state index is -6.02. The first kappa shape index (κ1) is 15.9. The first-order chi connectivity index (χ1) is 2.00. The van der Waals surface area contributed by atoms with Crippen molar-refractivity contribution in [3.63, 3.8) is 0 Å². The molecular weight excluding hydrogens is 407 g/mol. The molecule has 0 rings (SSSR count). The molecule has 0 aliphatic carbocycles. The summed E-state index contributed by atoms with van der Waals surface area (Å²) in [5, 5.41) is 0. The molecule has 7 heavy (non-hydrogen) atoms. The molecule has 52 valence electrons. The van der Waals surface area contributed by atoms with Crippen LogP contribution in [-0.2, 0) is 51.0 Å². The standard InChI is InChI=1S/2Ag.H2O4Te/c;;1-5(2,3)4/h;;(H2,1,2,3,4)/q2*+1;/p-2. The Morgan fingerprint density at radius 3 is 1.00 bits per heavy atom. The molecule has 0 aliphatic heterocycles. The Kier molecular flexibility index (Phi) is 13.5. The van der Waals surface area contributed by atoms with Crippen LogP contribution < -0.4 is 6.94 Å². The third-order valence-corrected chi connectivity index (χ3v) is 0. The van der Waals surface area contributed by atoms with Gasteiger partial charge in [-0.1, -0.05) is 0 Å². The first-order valence-corrected chi connectivity index (χ1v) is 4.47. The molecule has 0 radical (unpaired) electrons. The van der Waals surface area contributed by atoms with Gasteiger partial charge in [-0.25, -0.2) is 0 Å². The van der Waals surface area contributed by atoms with Crippen molar-refractivity contribution in [3.05, 3.63) is 0 Å². The molecule has 0 amide bonds. The van der Waals surface area contributed by atoms with Crippen molar-refractivity contribution in [3.8, 4) is 0 Å². The van der Waals surface area contributed by atoms with Crippen molar-refractivity contribution >= 4 is 19.0 Å². The molecule has 0 heterocycles. The number of hydrogen-bond donors (Lipinski definition) is 0. The number of hydrogen-bond acceptors (Lipinski definition) is 4. The maximum Gasteiger partial charge on any atom is 1.00 e. The molecule has 0 unspecified atom stereocenters. The Morgan fingerprint density at radius 2 is 1.00 bits per heavy atom. The van der Waals surface area contributed by atoms with E-state index in [0.29, 0.717) is 0 Å². The van der Waals surface area contributed by atoms with Gasteiger partial charge in [-0.05, 0) is 0 Å². The monoisotopic (exact) mass is 408 g/mol. The van der Waals surface area contributed by atoms with Gasteiger partial charge in [0.25, 0.3) is 0 Å². The van der Waals surface area contributed by atoms with E-state index < -0.39 is 19.0 Å². The Labute approximate surface area is 76.0 Å². The van der Waals surface area contributed by atoms with Crippen LogP contribution >= 0.6 is 0 Å². The largest absolute Gasteiger partial charge is 1.00 e. The molecular formula is Ag2O4Te. The molecule has 0 spiro atoms. The van der Waals surface area contributed by atoms with E-state index in [1.165, 1.54) is 0 Å². The Balaban J connectivity index is -0.0000000800. The smallest absolute Gasteiger partial charge is 1.00 e. The summed E-state index contributed by atoms with van der Waals surface area (Å²) in [5.74, 6) is 0. The zero-order chi connectivity index (χ0) is 4.50. The van der Waals surface area contributed by atoms with E-state index in [4.69, 9.17) is 13.2 Å². The van der Waals surface area contributed by atoms with Gasteiger partial charge in [-0.2, -0.15) is 0 Å². The molecule has 4 nitrogen and oxygen atoms in total. The van der Waals surface area contributed by atoms with Crippen molar-refractivity contribution in [2.45, 2.75) is 0 Å². The summed E-state index contributed by atoms with van der Waals surface area (Å²) in [6.07, 6.45) is 0. The predicted molar refractivity (Wildman–Crippen MR) is 7.13 cm³/mol. The predicted octanol–water partition coefficient (Wildman–Crippen LogP) is -3.00. The second-order valence-electron chi connectivity index (χ2n) is 0.408. The van der Waals surface area contributed by atoms with Gasteiger partial charge in [0.05, 0.1) is 0 Å². The van der Waals surface area contributed by atoms with Gasteiger partial charge in [0, 0.05) is 0 Å². The summed E-state index contributed by atoms with van der Waals surface area (Å²) in [6.45, 7) is 0. The van der Waals surface area contributed by atoms with Crippen LogP contribution in [0.1, 0.15) is 0 Å². The minimum Gasteiger partial charge on any atom is 1.00 e. The molecule has 0 aromatic heterocycles. The van der Waals surface area contributed by atoms with Crippen LogP contribution in [0.3, 0.4) is 0 Å². The van der Waals surface area contributed by atoms with Crippen molar-refractivity contribution in [2.24, 2.45) is 0 Å². The van der Waals surface area contributed by atoms with Gasteiger partial charge in [0.1, 0.15) is 0 Å². The van der Waals surface area contributed by atoms with Gasteiger partial charge in [0.2, 0.25) is 0 Å². The fourth-order valence-corrected chi connectivity index (χ4v) is 0. The van der Waals surface area contributed by atoms with Gasteiger partial charge in [0.15, 0.2) is 0 Å². The van der Waals surface area contributed by atoms with Crippen LogP contribution in [0, 0.1) is 0 Å². The van der Waals surface area contributed by atoms with E-state index in [-0.39, 0.29) is 44.8 Å². The van der Waals surface area contributed by atoms with Gasteiger partial charge in [-0.15, -0.1) is 0 Å². The van der Waals surface area contributed by atoms with Crippen LogP contribution in [0.2, 0.25) is 0 Å². The van der Waals surface area contributed by atoms with E-state index in [1.807, 2.05) is 0 Å². The average Bonchev–Trinajstić information content (AvgIpc) is 0.722. The van der Waals surface area contributed by atoms with Crippen molar-refractivity contribution in [2.75, 3.05) is 0 Å². The van der Waals surface area contributed by atoms with Crippen LogP contribution in [0.25, 0.3) is 0 Å². The van der Waals surface area contributed by atoms with Crippen LogP contribution in [0.4, 0.5) is 0 Å². The molecule has 0 bridgehead atoms. The second kappa shape index (κ2) is 5.92. The quantitative estimate of drug-likeness (QED) is 0.401.